The number of guanidine groups is 1. The summed E-state index contributed by atoms with van der Waals surface area (Å²) in [6.07, 6.45) is 0. The van der Waals surface area contributed by atoms with Crippen molar-refractivity contribution in [3.8, 4) is 5.75 Å². The van der Waals surface area contributed by atoms with Gasteiger partial charge in [-0.1, -0.05) is 30.3 Å². The highest BCUT2D eigenvalue weighted by Gasteiger charge is 2.05. The Morgan fingerprint density at radius 1 is 1.04 bits per heavy atom. The average molecular weight is 368 g/mol. The Hall–Kier alpha value is -3.02. The van der Waals surface area contributed by atoms with Crippen molar-refractivity contribution in [1.29, 1.82) is 0 Å². The first kappa shape index (κ1) is 20.3. The summed E-state index contributed by atoms with van der Waals surface area (Å²) in [5.74, 6) is 1.53. The van der Waals surface area contributed by atoms with Crippen molar-refractivity contribution >= 4 is 11.9 Å². The maximum Gasteiger partial charge on any atom is 0.251 e. The lowest BCUT2D eigenvalue weighted by atomic mass is 10.1. The number of ether oxygens (including phenoxy) is 1. The van der Waals surface area contributed by atoms with Gasteiger partial charge in [-0.05, 0) is 37.6 Å². The second-order valence-electron chi connectivity index (χ2n) is 5.87. The maximum atomic E-state index is 11.6. The summed E-state index contributed by atoms with van der Waals surface area (Å²) in [5, 5.41) is 9.20. The molecule has 3 N–H and O–H groups in total. The fourth-order valence-electron chi connectivity index (χ4n) is 2.54. The van der Waals surface area contributed by atoms with E-state index in [4.69, 9.17) is 4.74 Å². The minimum absolute atomic E-state index is 0.0898. The minimum atomic E-state index is -0.0898. The average Bonchev–Trinajstić information content (AvgIpc) is 2.71. The van der Waals surface area contributed by atoms with Crippen LogP contribution in [0, 0.1) is 0 Å². The van der Waals surface area contributed by atoms with E-state index in [2.05, 4.69) is 20.9 Å². The zero-order chi connectivity index (χ0) is 19.5. The van der Waals surface area contributed by atoms with Crippen LogP contribution in [-0.2, 0) is 13.1 Å². The van der Waals surface area contributed by atoms with Crippen LogP contribution in [0.4, 0.5) is 0 Å². The van der Waals surface area contributed by atoms with Crippen LogP contribution in [0.2, 0.25) is 0 Å². The predicted octanol–water partition coefficient (Wildman–Crippen LogP) is 2.70. The second kappa shape index (κ2) is 10.9. The quantitative estimate of drug-likeness (QED) is 0.495. The first-order valence-electron chi connectivity index (χ1n) is 9.21. The summed E-state index contributed by atoms with van der Waals surface area (Å²) in [6, 6.07) is 15.4. The molecule has 2 rings (SSSR count). The zero-order valence-electron chi connectivity index (χ0n) is 16.2. The lowest BCUT2D eigenvalue weighted by Crippen LogP contribution is -2.36. The van der Waals surface area contributed by atoms with Crippen LogP contribution in [-0.4, -0.2) is 32.1 Å². The summed E-state index contributed by atoms with van der Waals surface area (Å²) in [4.78, 5) is 16.2. The van der Waals surface area contributed by atoms with E-state index in [1.165, 1.54) is 0 Å². The molecular formula is C21H28N4O2. The van der Waals surface area contributed by atoms with Crippen molar-refractivity contribution in [2.75, 3.05) is 20.2 Å². The molecular weight excluding hydrogens is 340 g/mol. The molecule has 0 saturated heterocycles. The number of hydrogen-bond acceptors (Lipinski definition) is 3. The molecule has 0 atom stereocenters. The second-order valence-corrected chi connectivity index (χ2v) is 5.87. The lowest BCUT2D eigenvalue weighted by molar-refractivity contribution is 0.0963. The largest absolute Gasteiger partial charge is 0.494 e. The van der Waals surface area contributed by atoms with Gasteiger partial charge in [0.05, 0.1) is 13.2 Å². The van der Waals surface area contributed by atoms with Crippen molar-refractivity contribution in [1.82, 2.24) is 16.0 Å². The molecule has 2 aromatic rings. The SMILES string of the molecule is CCNC(=NCc1ccc(C(=O)NC)cc1)NCc1ccccc1OCC. The Kier molecular flexibility index (Phi) is 8.16. The number of carbonyl (C=O) groups excluding carboxylic acids is 1. The summed E-state index contributed by atoms with van der Waals surface area (Å²) in [6.45, 7) is 6.56. The Labute approximate surface area is 161 Å². The van der Waals surface area contributed by atoms with Crippen LogP contribution in [0.25, 0.3) is 0 Å². The van der Waals surface area contributed by atoms with Crippen LogP contribution >= 0.6 is 0 Å². The van der Waals surface area contributed by atoms with Crippen LogP contribution < -0.4 is 20.7 Å². The van der Waals surface area contributed by atoms with Gasteiger partial charge in [-0.15, -0.1) is 0 Å². The molecule has 0 unspecified atom stereocenters. The molecule has 0 radical (unpaired) electrons. The Morgan fingerprint density at radius 2 is 1.78 bits per heavy atom. The third-order valence-electron chi connectivity index (χ3n) is 3.93. The molecule has 0 bridgehead atoms. The van der Waals surface area contributed by atoms with Crippen LogP contribution in [0.1, 0.15) is 35.3 Å². The van der Waals surface area contributed by atoms with E-state index in [1.54, 1.807) is 7.05 Å². The summed E-state index contributed by atoms with van der Waals surface area (Å²) < 4.78 is 5.67. The molecule has 6 heteroatoms. The number of nitrogens with one attached hydrogen (secondary N) is 3. The number of hydrogen-bond donors (Lipinski definition) is 3. The number of amides is 1. The number of nitrogens with zero attached hydrogens (tertiary/aromatic N) is 1. The van der Waals surface area contributed by atoms with Gasteiger partial charge in [-0.3, -0.25) is 4.79 Å². The van der Waals surface area contributed by atoms with Gasteiger partial charge < -0.3 is 20.7 Å². The van der Waals surface area contributed by atoms with Crippen molar-refractivity contribution in [2.45, 2.75) is 26.9 Å². The molecule has 0 fully saturated rings. The number of carbonyl (C=O) groups is 1. The summed E-state index contributed by atoms with van der Waals surface area (Å²) in [5.41, 5.74) is 2.76. The van der Waals surface area contributed by atoms with E-state index in [9.17, 15) is 4.79 Å². The molecule has 6 nitrogen and oxygen atoms in total. The highest BCUT2D eigenvalue weighted by atomic mass is 16.5. The molecule has 27 heavy (non-hydrogen) atoms. The van der Waals surface area contributed by atoms with Crippen LogP contribution in [0.5, 0.6) is 5.75 Å². The van der Waals surface area contributed by atoms with E-state index in [1.807, 2.05) is 62.4 Å². The van der Waals surface area contributed by atoms with E-state index in [0.29, 0.717) is 25.3 Å². The maximum absolute atomic E-state index is 11.6. The van der Waals surface area contributed by atoms with Gasteiger partial charge in [0, 0.05) is 31.3 Å². The van der Waals surface area contributed by atoms with Crippen LogP contribution in [0.3, 0.4) is 0 Å². The number of benzene rings is 2. The fraction of sp³-hybridized carbons (Fsp3) is 0.333. The molecule has 0 heterocycles. The highest BCUT2D eigenvalue weighted by Crippen LogP contribution is 2.17. The van der Waals surface area contributed by atoms with Crippen molar-refractivity contribution in [3.63, 3.8) is 0 Å². The van der Waals surface area contributed by atoms with Gasteiger partial charge in [0.25, 0.3) is 5.91 Å². The lowest BCUT2D eigenvalue weighted by Gasteiger charge is -2.14. The van der Waals surface area contributed by atoms with E-state index >= 15 is 0 Å². The standard InChI is InChI=1S/C21H28N4O2/c1-4-23-21(25-15-18-8-6-7-9-19(18)27-5-2)24-14-16-10-12-17(13-11-16)20(26)22-3/h6-13H,4-5,14-15H2,1-3H3,(H,22,26)(H2,23,24,25). The summed E-state index contributed by atoms with van der Waals surface area (Å²) in [7, 11) is 1.62. The van der Waals surface area contributed by atoms with Gasteiger partial charge in [0.15, 0.2) is 5.96 Å². The normalized spacial score (nSPS) is 11.0. The Morgan fingerprint density at radius 3 is 2.44 bits per heavy atom. The summed E-state index contributed by atoms with van der Waals surface area (Å²) >= 11 is 0. The smallest absolute Gasteiger partial charge is 0.251 e. The Balaban J connectivity index is 2.01. The minimum Gasteiger partial charge on any atom is -0.494 e. The van der Waals surface area contributed by atoms with Crippen molar-refractivity contribution in [3.05, 3.63) is 65.2 Å². The van der Waals surface area contributed by atoms with Gasteiger partial charge >= 0.3 is 0 Å². The molecule has 0 aliphatic carbocycles. The van der Waals surface area contributed by atoms with Gasteiger partial charge in [0.1, 0.15) is 5.75 Å². The van der Waals surface area contributed by atoms with E-state index in [0.717, 1.165) is 29.4 Å². The molecule has 144 valence electrons. The molecule has 0 aromatic heterocycles. The third-order valence-corrected chi connectivity index (χ3v) is 3.93. The molecule has 0 aliphatic rings. The van der Waals surface area contributed by atoms with Gasteiger partial charge in [0.2, 0.25) is 0 Å². The predicted molar refractivity (Wildman–Crippen MR) is 109 cm³/mol. The van der Waals surface area contributed by atoms with E-state index in [-0.39, 0.29) is 5.91 Å². The zero-order valence-corrected chi connectivity index (χ0v) is 16.2. The van der Waals surface area contributed by atoms with Gasteiger partial charge in [-0.2, -0.15) is 0 Å². The highest BCUT2D eigenvalue weighted by molar-refractivity contribution is 5.93. The van der Waals surface area contributed by atoms with Gasteiger partial charge in [-0.25, -0.2) is 4.99 Å². The van der Waals surface area contributed by atoms with Crippen molar-refractivity contribution in [2.24, 2.45) is 4.99 Å². The van der Waals surface area contributed by atoms with Crippen LogP contribution in [0.15, 0.2) is 53.5 Å². The monoisotopic (exact) mass is 368 g/mol. The molecule has 0 spiro atoms. The molecule has 0 saturated carbocycles. The number of para-hydroxylation sites is 1. The van der Waals surface area contributed by atoms with Crippen molar-refractivity contribution < 1.29 is 9.53 Å². The van der Waals surface area contributed by atoms with E-state index < -0.39 is 0 Å². The fourth-order valence-corrected chi connectivity index (χ4v) is 2.54. The number of aliphatic imine (C=N–C) groups is 1. The number of rotatable bonds is 8. The first-order chi connectivity index (χ1) is 13.2. The molecule has 2 aromatic carbocycles. The Bertz CT molecular complexity index is 757. The third kappa shape index (κ3) is 6.33. The first-order valence-corrected chi connectivity index (χ1v) is 9.21. The molecule has 0 aliphatic heterocycles. The topological polar surface area (TPSA) is 74.8 Å². The molecule has 1 amide bonds.